The summed E-state index contributed by atoms with van der Waals surface area (Å²) in [4.78, 5) is 0. The summed E-state index contributed by atoms with van der Waals surface area (Å²) < 4.78 is 13.2. The lowest BCUT2D eigenvalue weighted by Crippen LogP contribution is -2.31. The van der Waals surface area contributed by atoms with Crippen LogP contribution in [0.1, 0.15) is 30.4 Å². The molecule has 1 aromatic carbocycles. The Morgan fingerprint density at radius 1 is 1.29 bits per heavy atom. The third-order valence-corrected chi connectivity index (χ3v) is 4.65. The van der Waals surface area contributed by atoms with Crippen LogP contribution in [0.5, 0.6) is 0 Å². The van der Waals surface area contributed by atoms with Gasteiger partial charge in [0.25, 0.3) is 0 Å². The lowest BCUT2D eigenvalue weighted by Gasteiger charge is -2.21. The van der Waals surface area contributed by atoms with Gasteiger partial charge < -0.3 is 5.73 Å². The van der Waals surface area contributed by atoms with Crippen LogP contribution in [0.25, 0.3) is 0 Å². The molecule has 0 heterocycles. The fourth-order valence-electron chi connectivity index (χ4n) is 3.39. The van der Waals surface area contributed by atoms with Crippen LogP contribution in [0, 0.1) is 30.5 Å². The zero-order valence-corrected chi connectivity index (χ0v) is 10.3. The Morgan fingerprint density at radius 2 is 2.00 bits per heavy atom. The standard InChI is InChI=1S/C15H20FN/c1-9-2-3-14(16)7-10(9)8-15(17)13-5-11-4-12(11)6-13/h2-3,7,11-13,15H,4-6,8,17H2,1H3. The number of halogens is 1. The average Bonchev–Trinajstić information content (AvgIpc) is 2.91. The molecule has 0 radical (unpaired) electrons. The minimum Gasteiger partial charge on any atom is -0.327 e. The Morgan fingerprint density at radius 3 is 2.71 bits per heavy atom. The van der Waals surface area contributed by atoms with Crippen molar-refractivity contribution in [3.05, 3.63) is 35.1 Å². The zero-order valence-electron chi connectivity index (χ0n) is 10.3. The molecular formula is C15H20FN. The fourth-order valence-corrected chi connectivity index (χ4v) is 3.39. The highest BCUT2D eigenvalue weighted by Gasteiger charge is 2.47. The number of benzene rings is 1. The SMILES string of the molecule is Cc1ccc(F)cc1CC(N)C1CC2CC2C1. The molecule has 0 aliphatic heterocycles. The molecule has 0 saturated heterocycles. The van der Waals surface area contributed by atoms with Gasteiger partial charge >= 0.3 is 0 Å². The monoisotopic (exact) mass is 233 g/mol. The predicted octanol–water partition coefficient (Wildman–Crippen LogP) is 3.05. The number of rotatable bonds is 3. The van der Waals surface area contributed by atoms with Crippen LogP contribution in [0.3, 0.4) is 0 Å². The highest BCUT2D eigenvalue weighted by atomic mass is 19.1. The van der Waals surface area contributed by atoms with Crippen molar-refractivity contribution >= 4 is 0 Å². The second kappa shape index (κ2) is 4.09. The van der Waals surface area contributed by atoms with E-state index >= 15 is 0 Å². The summed E-state index contributed by atoms with van der Waals surface area (Å²) in [5.41, 5.74) is 8.53. The second-order valence-electron chi connectivity index (χ2n) is 5.93. The summed E-state index contributed by atoms with van der Waals surface area (Å²) in [6.07, 6.45) is 4.87. The lowest BCUT2D eigenvalue weighted by molar-refractivity contribution is 0.392. The molecule has 3 unspecified atom stereocenters. The fraction of sp³-hybridized carbons (Fsp3) is 0.600. The van der Waals surface area contributed by atoms with Crippen LogP contribution in [0.4, 0.5) is 4.39 Å². The first-order valence-corrected chi connectivity index (χ1v) is 6.64. The van der Waals surface area contributed by atoms with Crippen molar-refractivity contribution in [2.24, 2.45) is 23.5 Å². The Labute approximate surface area is 102 Å². The van der Waals surface area contributed by atoms with E-state index in [1.165, 1.54) is 25.3 Å². The Hall–Kier alpha value is -0.890. The molecule has 92 valence electrons. The maximum Gasteiger partial charge on any atom is 0.123 e. The largest absolute Gasteiger partial charge is 0.327 e. The molecule has 3 atom stereocenters. The zero-order chi connectivity index (χ0) is 12.0. The number of aryl methyl sites for hydroxylation is 1. The van der Waals surface area contributed by atoms with E-state index in [9.17, 15) is 4.39 Å². The molecule has 2 heteroatoms. The van der Waals surface area contributed by atoms with E-state index in [0.29, 0.717) is 5.92 Å². The molecule has 0 amide bonds. The van der Waals surface area contributed by atoms with Crippen LogP contribution in [0.2, 0.25) is 0 Å². The number of fused-ring (bicyclic) bond motifs is 1. The van der Waals surface area contributed by atoms with Gasteiger partial charge in [-0.25, -0.2) is 4.39 Å². The van der Waals surface area contributed by atoms with Crippen molar-refractivity contribution in [2.75, 3.05) is 0 Å². The van der Waals surface area contributed by atoms with E-state index in [0.717, 1.165) is 29.4 Å². The number of nitrogens with two attached hydrogens (primary N) is 1. The van der Waals surface area contributed by atoms with Crippen LogP contribution >= 0.6 is 0 Å². The predicted molar refractivity (Wildman–Crippen MR) is 67.1 cm³/mol. The molecule has 2 aliphatic carbocycles. The van der Waals surface area contributed by atoms with E-state index in [2.05, 4.69) is 0 Å². The van der Waals surface area contributed by atoms with Crippen molar-refractivity contribution in [3.63, 3.8) is 0 Å². The summed E-state index contributed by atoms with van der Waals surface area (Å²) >= 11 is 0. The molecule has 2 saturated carbocycles. The van der Waals surface area contributed by atoms with Gasteiger partial charge in [-0.2, -0.15) is 0 Å². The third-order valence-electron chi connectivity index (χ3n) is 4.65. The molecule has 1 aromatic rings. The van der Waals surface area contributed by atoms with Crippen molar-refractivity contribution in [1.82, 2.24) is 0 Å². The molecule has 0 spiro atoms. The van der Waals surface area contributed by atoms with Gasteiger partial charge in [0.05, 0.1) is 0 Å². The maximum absolute atomic E-state index is 13.2. The van der Waals surface area contributed by atoms with E-state index in [4.69, 9.17) is 5.73 Å². The van der Waals surface area contributed by atoms with Crippen LogP contribution < -0.4 is 5.73 Å². The van der Waals surface area contributed by atoms with E-state index < -0.39 is 0 Å². The van der Waals surface area contributed by atoms with E-state index in [1.807, 2.05) is 13.0 Å². The molecular weight excluding hydrogens is 213 g/mol. The molecule has 3 rings (SSSR count). The van der Waals surface area contributed by atoms with Crippen molar-refractivity contribution < 1.29 is 4.39 Å². The van der Waals surface area contributed by atoms with Crippen LogP contribution in [-0.4, -0.2) is 6.04 Å². The molecule has 2 fully saturated rings. The number of hydrogen-bond donors (Lipinski definition) is 1. The summed E-state index contributed by atoms with van der Waals surface area (Å²) in [5, 5.41) is 0. The average molecular weight is 233 g/mol. The van der Waals surface area contributed by atoms with Crippen molar-refractivity contribution in [1.29, 1.82) is 0 Å². The highest BCUT2D eigenvalue weighted by molar-refractivity contribution is 5.27. The Balaban J connectivity index is 1.67. The van der Waals surface area contributed by atoms with Gasteiger partial charge in [-0.15, -0.1) is 0 Å². The molecule has 0 bridgehead atoms. The lowest BCUT2D eigenvalue weighted by atomic mass is 9.89. The van der Waals surface area contributed by atoms with Gasteiger partial charge in [0.2, 0.25) is 0 Å². The minimum absolute atomic E-state index is 0.146. The van der Waals surface area contributed by atoms with Gasteiger partial charge in [-0.05, 0) is 73.6 Å². The second-order valence-corrected chi connectivity index (χ2v) is 5.93. The molecule has 1 nitrogen and oxygen atoms in total. The first-order chi connectivity index (χ1) is 8.13. The summed E-state index contributed by atoms with van der Waals surface area (Å²) in [6, 6.07) is 5.23. The van der Waals surface area contributed by atoms with Gasteiger partial charge in [0.1, 0.15) is 5.82 Å². The summed E-state index contributed by atoms with van der Waals surface area (Å²) in [6.45, 7) is 2.04. The highest BCUT2D eigenvalue weighted by Crippen LogP contribution is 2.55. The first-order valence-electron chi connectivity index (χ1n) is 6.64. The van der Waals surface area contributed by atoms with Crippen molar-refractivity contribution in [3.8, 4) is 0 Å². The van der Waals surface area contributed by atoms with Crippen molar-refractivity contribution in [2.45, 2.75) is 38.6 Å². The summed E-state index contributed by atoms with van der Waals surface area (Å²) in [5.74, 6) is 2.47. The smallest absolute Gasteiger partial charge is 0.123 e. The Kier molecular flexibility index (Phi) is 2.70. The van der Waals surface area contributed by atoms with Gasteiger partial charge in [0, 0.05) is 6.04 Å². The van der Waals surface area contributed by atoms with Gasteiger partial charge in [-0.3, -0.25) is 0 Å². The van der Waals surface area contributed by atoms with Crippen LogP contribution in [0.15, 0.2) is 18.2 Å². The van der Waals surface area contributed by atoms with E-state index in [-0.39, 0.29) is 11.9 Å². The minimum atomic E-state index is -0.146. The van der Waals surface area contributed by atoms with E-state index in [1.54, 1.807) is 6.07 Å². The van der Waals surface area contributed by atoms with Gasteiger partial charge in [0.15, 0.2) is 0 Å². The quantitative estimate of drug-likeness (QED) is 0.853. The topological polar surface area (TPSA) is 26.0 Å². The number of hydrogen-bond acceptors (Lipinski definition) is 1. The molecule has 2 N–H and O–H groups in total. The van der Waals surface area contributed by atoms with Gasteiger partial charge in [-0.1, -0.05) is 6.07 Å². The van der Waals surface area contributed by atoms with Crippen LogP contribution in [-0.2, 0) is 6.42 Å². The summed E-state index contributed by atoms with van der Waals surface area (Å²) in [7, 11) is 0. The first kappa shape index (κ1) is 11.2. The third kappa shape index (κ3) is 2.23. The Bertz CT molecular complexity index is 419. The molecule has 0 aromatic heterocycles. The molecule has 2 aliphatic rings. The normalized spacial score (nSPS) is 32.3. The maximum atomic E-state index is 13.2. The molecule has 17 heavy (non-hydrogen) atoms.